The molecule has 0 saturated heterocycles. The van der Waals surface area contributed by atoms with Gasteiger partial charge in [-0.3, -0.25) is 0 Å². The number of fused-ring (bicyclic) bond motifs is 2. The molecule has 6 atom stereocenters. The summed E-state index contributed by atoms with van der Waals surface area (Å²) >= 11 is 0. The molecule has 6 unspecified atom stereocenters. The Balaban J connectivity index is 1.55. The van der Waals surface area contributed by atoms with Gasteiger partial charge in [0, 0.05) is 12.1 Å². The highest BCUT2D eigenvalue weighted by Gasteiger charge is 2.42. The highest BCUT2D eigenvalue weighted by Crippen LogP contribution is 2.49. The van der Waals surface area contributed by atoms with E-state index in [4.69, 9.17) is 0 Å². The van der Waals surface area contributed by atoms with E-state index in [1.54, 1.807) is 6.42 Å². The Labute approximate surface area is 113 Å². The van der Waals surface area contributed by atoms with Crippen LogP contribution in [0.2, 0.25) is 0 Å². The third kappa shape index (κ3) is 2.48. The predicted octanol–water partition coefficient (Wildman–Crippen LogP) is 4.37. The van der Waals surface area contributed by atoms with Gasteiger partial charge in [-0.25, -0.2) is 0 Å². The minimum Gasteiger partial charge on any atom is -0.311 e. The van der Waals surface area contributed by atoms with Gasteiger partial charge in [0.2, 0.25) is 0 Å². The number of rotatable bonds is 4. The molecule has 1 N–H and O–H groups in total. The Morgan fingerprint density at radius 3 is 2.56 bits per heavy atom. The number of hydrogen-bond acceptors (Lipinski definition) is 1. The molecule has 0 aromatic rings. The lowest BCUT2D eigenvalue weighted by atomic mass is 9.80. The summed E-state index contributed by atoms with van der Waals surface area (Å²) < 4.78 is 0. The van der Waals surface area contributed by atoms with Crippen molar-refractivity contribution in [2.24, 2.45) is 23.7 Å². The number of hydrogen-bond donors (Lipinski definition) is 1. The average Bonchev–Trinajstić information content (AvgIpc) is 3.01. The van der Waals surface area contributed by atoms with Crippen LogP contribution in [0, 0.1) is 23.7 Å². The molecule has 1 heteroatoms. The van der Waals surface area contributed by atoms with Crippen LogP contribution in [0.5, 0.6) is 0 Å². The Morgan fingerprint density at radius 1 is 1.06 bits per heavy atom. The monoisotopic (exact) mass is 249 g/mol. The van der Waals surface area contributed by atoms with Gasteiger partial charge in [0.1, 0.15) is 0 Å². The Kier molecular flexibility index (Phi) is 3.98. The molecule has 0 aliphatic heterocycles. The Hall–Kier alpha value is -0.0400. The molecule has 3 fully saturated rings. The second-order valence-electron chi connectivity index (χ2n) is 7.35. The molecule has 0 amide bonds. The maximum atomic E-state index is 4.05. The van der Waals surface area contributed by atoms with Crippen LogP contribution in [0.15, 0.2) is 0 Å². The normalized spacial score (nSPS) is 45.3. The minimum absolute atomic E-state index is 0.775. The topological polar surface area (TPSA) is 12.0 Å². The smallest absolute Gasteiger partial charge is 0.00978 e. The molecule has 0 radical (unpaired) electrons. The molecule has 2 bridgehead atoms. The van der Waals surface area contributed by atoms with Crippen molar-refractivity contribution >= 4 is 0 Å². The third-order valence-corrected chi connectivity index (χ3v) is 6.35. The summed E-state index contributed by atoms with van der Waals surface area (Å²) in [6.45, 7) is 4.86. The molecule has 0 spiro atoms. The molecule has 0 aromatic heterocycles. The van der Waals surface area contributed by atoms with E-state index in [-0.39, 0.29) is 0 Å². The van der Waals surface area contributed by atoms with Crippen LogP contribution in [0.4, 0.5) is 0 Å². The van der Waals surface area contributed by atoms with Gasteiger partial charge in [-0.05, 0) is 62.7 Å². The van der Waals surface area contributed by atoms with Crippen LogP contribution in [0.25, 0.3) is 0 Å². The zero-order valence-corrected chi connectivity index (χ0v) is 12.3. The van der Waals surface area contributed by atoms with E-state index in [1.165, 1.54) is 51.4 Å². The fourth-order valence-electron chi connectivity index (χ4n) is 5.28. The molecule has 3 saturated carbocycles. The lowest BCUT2D eigenvalue weighted by Crippen LogP contribution is -2.47. The third-order valence-electron chi connectivity index (χ3n) is 6.35. The molecule has 0 heterocycles. The second kappa shape index (κ2) is 5.53. The molecule has 18 heavy (non-hydrogen) atoms. The first-order valence-corrected chi connectivity index (χ1v) is 8.54. The van der Waals surface area contributed by atoms with Crippen molar-refractivity contribution in [1.29, 1.82) is 0 Å². The number of nitrogens with one attached hydrogen (secondary N) is 1. The van der Waals surface area contributed by atoms with Crippen LogP contribution in [0.1, 0.15) is 71.6 Å². The minimum atomic E-state index is 0.775. The van der Waals surface area contributed by atoms with Gasteiger partial charge in [-0.15, -0.1) is 0 Å². The molecule has 3 aliphatic rings. The first-order chi connectivity index (χ1) is 8.78. The summed E-state index contributed by atoms with van der Waals surface area (Å²) in [5.74, 6) is 4.13. The molecule has 1 nitrogen and oxygen atoms in total. The van der Waals surface area contributed by atoms with Crippen molar-refractivity contribution in [2.45, 2.75) is 83.7 Å². The standard InChI is InChI=1S/C17H31N/c1-3-14-6-4-5-7-17(14)18-12(2)16-11-13-8-9-15(16)10-13/h12-18H,3-11H2,1-2H3. The van der Waals surface area contributed by atoms with E-state index in [2.05, 4.69) is 19.2 Å². The van der Waals surface area contributed by atoms with Gasteiger partial charge < -0.3 is 5.32 Å². The summed E-state index contributed by atoms with van der Waals surface area (Å²) in [5.41, 5.74) is 0. The largest absolute Gasteiger partial charge is 0.311 e. The van der Waals surface area contributed by atoms with Crippen LogP contribution in [-0.4, -0.2) is 12.1 Å². The van der Waals surface area contributed by atoms with Crippen molar-refractivity contribution < 1.29 is 0 Å². The first-order valence-electron chi connectivity index (χ1n) is 8.54. The summed E-state index contributed by atoms with van der Waals surface area (Å²) in [6.07, 6.45) is 13.4. The van der Waals surface area contributed by atoms with E-state index in [1.807, 2.05) is 0 Å². The van der Waals surface area contributed by atoms with Gasteiger partial charge in [-0.1, -0.05) is 32.6 Å². The van der Waals surface area contributed by atoms with Crippen molar-refractivity contribution in [3.63, 3.8) is 0 Å². The maximum absolute atomic E-state index is 4.05. The van der Waals surface area contributed by atoms with E-state index < -0.39 is 0 Å². The van der Waals surface area contributed by atoms with Crippen molar-refractivity contribution in [2.75, 3.05) is 0 Å². The van der Waals surface area contributed by atoms with E-state index in [0.29, 0.717) is 0 Å². The van der Waals surface area contributed by atoms with Gasteiger partial charge in [-0.2, -0.15) is 0 Å². The molecule has 0 aromatic carbocycles. The molecule has 3 rings (SSSR count). The quantitative estimate of drug-likeness (QED) is 0.780. The van der Waals surface area contributed by atoms with Gasteiger partial charge in [0.15, 0.2) is 0 Å². The highest BCUT2D eigenvalue weighted by molar-refractivity contribution is 4.95. The fraction of sp³-hybridized carbons (Fsp3) is 1.00. The van der Waals surface area contributed by atoms with Crippen LogP contribution >= 0.6 is 0 Å². The Morgan fingerprint density at radius 2 is 1.89 bits per heavy atom. The first kappa shape index (κ1) is 13.0. The SMILES string of the molecule is CCC1CCCCC1NC(C)C1CC2CCC1C2. The van der Waals surface area contributed by atoms with Crippen molar-refractivity contribution in [1.82, 2.24) is 5.32 Å². The summed E-state index contributed by atoms with van der Waals surface area (Å²) in [7, 11) is 0. The van der Waals surface area contributed by atoms with Crippen molar-refractivity contribution in [3.8, 4) is 0 Å². The Bertz CT molecular complexity index is 275. The van der Waals surface area contributed by atoms with E-state index >= 15 is 0 Å². The average molecular weight is 249 g/mol. The zero-order valence-electron chi connectivity index (χ0n) is 12.3. The summed E-state index contributed by atoms with van der Waals surface area (Å²) in [6, 6.07) is 1.61. The zero-order chi connectivity index (χ0) is 12.5. The molecular weight excluding hydrogens is 218 g/mol. The van der Waals surface area contributed by atoms with Gasteiger partial charge in [0.25, 0.3) is 0 Å². The molecular formula is C17H31N. The van der Waals surface area contributed by atoms with Crippen LogP contribution < -0.4 is 5.32 Å². The highest BCUT2D eigenvalue weighted by atomic mass is 15.0. The van der Waals surface area contributed by atoms with Crippen molar-refractivity contribution in [3.05, 3.63) is 0 Å². The maximum Gasteiger partial charge on any atom is 0.00978 e. The van der Waals surface area contributed by atoms with Gasteiger partial charge >= 0.3 is 0 Å². The van der Waals surface area contributed by atoms with E-state index in [9.17, 15) is 0 Å². The fourth-order valence-corrected chi connectivity index (χ4v) is 5.28. The lowest BCUT2D eigenvalue weighted by Gasteiger charge is -2.37. The summed E-state index contributed by atoms with van der Waals surface area (Å²) in [4.78, 5) is 0. The van der Waals surface area contributed by atoms with Crippen LogP contribution in [-0.2, 0) is 0 Å². The van der Waals surface area contributed by atoms with Gasteiger partial charge in [0.05, 0.1) is 0 Å². The predicted molar refractivity (Wildman–Crippen MR) is 77.6 cm³/mol. The summed E-state index contributed by atoms with van der Waals surface area (Å²) in [5, 5.41) is 4.05. The second-order valence-corrected chi connectivity index (χ2v) is 7.35. The van der Waals surface area contributed by atoms with Crippen LogP contribution in [0.3, 0.4) is 0 Å². The lowest BCUT2D eigenvalue weighted by molar-refractivity contribution is 0.189. The molecule has 104 valence electrons. The van der Waals surface area contributed by atoms with E-state index in [0.717, 1.165) is 35.8 Å². The molecule has 3 aliphatic carbocycles.